The third-order valence-electron chi connectivity index (χ3n) is 4.03. The maximum Gasteiger partial charge on any atom is 0.273 e. The van der Waals surface area contributed by atoms with E-state index in [1.165, 1.54) is 11.3 Å². The second-order valence-corrected chi connectivity index (χ2v) is 6.76. The second kappa shape index (κ2) is 8.19. The third kappa shape index (κ3) is 4.62. The zero-order valence-electron chi connectivity index (χ0n) is 13.9. The number of rotatable bonds is 5. The van der Waals surface area contributed by atoms with Crippen molar-refractivity contribution in [3.63, 3.8) is 0 Å². The van der Waals surface area contributed by atoms with Crippen LogP contribution in [0.4, 0.5) is 5.69 Å². The van der Waals surface area contributed by atoms with Crippen LogP contribution in [0.2, 0.25) is 0 Å². The molecule has 0 atom stereocenters. The molecule has 8 heteroatoms. The van der Waals surface area contributed by atoms with Crippen LogP contribution in [0.3, 0.4) is 0 Å². The summed E-state index contributed by atoms with van der Waals surface area (Å²) in [6.07, 6.45) is 0. The van der Waals surface area contributed by atoms with E-state index in [0.717, 1.165) is 10.7 Å². The second-order valence-electron chi connectivity index (χ2n) is 5.81. The highest BCUT2D eigenvalue weighted by Crippen LogP contribution is 2.13. The lowest BCUT2D eigenvalue weighted by molar-refractivity contribution is -0.117. The van der Waals surface area contributed by atoms with E-state index < -0.39 is 0 Å². The van der Waals surface area contributed by atoms with Crippen LogP contribution in [0.5, 0.6) is 0 Å². The molecule has 1 aliphatic rings. The average molecular weight is 359 g/mol. The van der Waals surface area contributed by atoms with Gasteiger partial charge in [-0.1, -0.05) is 18.2 Å². The SMILES string of the molecule is NCc1nc(C(=O)N2CCN(CC(=O)Nc3ccccc3)CC2)cs1. The van der Waals surface area contributed by atoms with Crippen LogP contribution in [-0.4, -0.2) is 59.3 Å². The zero-order chi connectivity index (χ0) is 17.6. The minimum atomic E-state index is -0.0654. The molecule has 0 bridgehead atoms. The molecular weight excluding hydrogens is 338 g/mol. The summed E-state index contributed by atoms with van der Waals surface area (Å²) in [4.78, 5) is 32.6. The fourth-order valence-corrected chi connectivity index (χ4v) is 3.35. The number of nitrogens with one attached hydrogen (secondary N) is 1. The van der Waals surface area contributed by atoms with Crippen LogP contribution in [0.1, 0.15) is 15.5 Å². The summed E-state index contributed by atoms with van der Waals surface area (Å²) in [5.74, 6) is -0.109. The van der Waals surface area contributed by atoms with E-state index in [9.17, 15) is 9.59 Å². The van der Waals surface area contributed by atoms with Gasteiger partial charge in [-0.2, -0.15) is 0 Å². The summed E-state index contributed by atoms with van der Waals surface area (Å²) in [5.41, 5.74) is 6.79. The highest BCUT2D eigenvalue weighted by Gasteiger charge is 2.24. The van der Waals surface area contributed by atoms with Crippen molar-refractivity contribution in [2.75, 3.05) is 38.0 Å². The Morgan fingerprint density at radius 3 is 2.52 bits per heavy atom. The smallest absolute Gasteiger partial charge is 0.273 e. The first-order chi connectivity index (χ1) is 12.2. The number of thiazole rings is 1. The van der Waals surface area contributed by atoms with Crippen molar-refractivity contribution in [3.8, 4) is 0 Å². The number of aromatic nitrogens is 1. The van der Waals surface area contributed by atoms with Crippen molar-refractivity contribution < 1.29 is 9.59 Å². The standard InChI is InChI=1S/C17H21N5O2S/c18-10-16-20-14(12-25-16)17(24)22-8-6-21(7-9-22)11-15(23)19-13-4-2-1-3-5-13/h1-5,12H,6-11,18H2,(H,19,23). The number of amides is 2. The van der Waals surface area contributed by atoms with Gasteiger partial charge in [0.1, 0.15) is 10.7 Å². The van der Waals surface area contributed by atoms with Gasteiger partial charge in [-0.25, -0.2) is 4.98 Å². The molecule has 0 spiro atoms. The predicted octanol–water partition coefficient (Wildman–Crippen LogP) is 0.998. The molecule has 1 aromatic carbocycles. The number of carbonyl (C=O) groups is 2. The van der Waals surface area contributed by atoms with Crippen molar-refractivity contribution in [2.24, 2.45) is 5.73 Å². The minimum Gasteiger partial charge on any atom is -0.335 e. The lowest BCUT2D eigenvalue weighted by Crippen LogP contribution is -2.50. The molecule has 1 saturated heterocycles. The molecular formula is C17H21N5O2S. The van der Waals surface area contributed by atoms with E-state index in [0.29, 0.717) is 45.0 Å². The van der Waals surface area contributed by atoms with Crippen molar-refractivity contribution in [1.29, 1.82) is 0 Å². The molecule has 2 heterocycles. The van der Waals surface area contributed by atoms with Gasteiger partial charge in [-0.05, 0) is 12.1 Å². The molecule has 0 aliphatic carbocycles. The minimum absolute atomic E-state index is 0.0435. The molecule has 1 aliphatic heterocycles. The molecule has 0 radical (unpaired) electrons. The van der Waals surface area contributed by atoms with E-state index in [1.807, 2.05) is 30.3 Å². The van der Waals surface area contributed by atoms with Crippen LogP contribution in [0.15, 0.2) is 35.7 Å². The fraction of sp³-hybridized carbons (Fsp3) is 0.353. The predicted molar refractivity (Wildman–Crippen MR) is 97.4 cm³/mol. The van der Waals surface area contributed by atoms with Crippen LogP contribution >= 0.6 is 11.3 Å². The van der Waals surface area contributed by atoms with Crippen LogP contribution < -0.4 is 11.1 Å². The maximum atomic E-state index is 12.4. The summed E-state index contributed by atoms with van der Waals surface area (Å²) in [6.45, 7) is 3.19. The molecule has 1 aromatic heterocycles. The van der Waals surface area contributed by atoms with Gasteiger partial charge in [0.05, 0.1) is 6.54 Å². The summed E-state index contributed by atoms with van der Waals surface area (Å²) in [7, 11) is 0. The topological polar surface area (TPSA) is 91.6 Å². The lowest BCUT2D eigenvalue weighted by Gasteiger charge is -2.33. The lowest BCUT2D eigenvalue weighted by atomic mass is 10.2. The Labute approximate surface area is 150 Å². The molecule has 3 rings (SSSR count). The van der Waals surface area contributed by atoms with Gasteiger partial charge in [-0.3, -0.25) is 14.5 Å². The van der Waals surface area contributed by atoms with Crippen molar-refractivity contribution >= 4 is 28.8 Å². The molecule has 1 fully saturated rings. The molecule has 2 aromatic rings. The van der Waals surface area contributed by atoms with Gasteiger partial charge in [-0.15, -0.1) is 11.3 Å². The normalized spacial score (nSPS) is 15.2. The van der Waals surface area contributed by atoms with E-state index >= 15 is 0 Å². The number of anilines is 1. The number of hydrogen-bond acceptors (Lipinski definition) is 6. The van der Waals surface area contributed by atoms with Gasteiger partial charge in [0.2, 0.25) is 5.91 Å². The highest BCUT2D eigenvalue weighted by molar-refractivity contribution is 7.09. The Hall–Kier alpha value is -2.29. The third-order valence-corrected chi connectivity index (χ3v) is 4.90. The summed E-state index contributed by atoms with van der Waals surface area (Å²) in [5, 5.41) is 5.39. The molecule has 2 amide bonds. The van der Waals surface area contributed by atoms with Crippen molar-refractivity contribution in [1.82, 2.24) is 14.8 Å². The van der Waals surface area contributed by atoms with Gasteiger partial charge < -0.3 is 16.0 Å². The Morgan fingerprint density at radius 1 is 1.16 bits per heavy atom. The van der Waals surface area contributed by atoms with Crippen molar-refractivity contribution in [2.45, 2.75) is 6.54 Å². The van der Waals surface area contributed by atoms with Gasteiger partial charge in [0.15, 0.2) is 0 Å². The number of carbonyl (C=O) groups excluding carboxylic acids is 2. The van der Waals surface area contributed by atoms with Crippen LogP contribution in [0.25, 0.3) is 0 Å². The Morgan fingerprint density at radius 2 is 1.88 bits per heavy atom. The highest BCUT2D eigenvalue weighted by atomic mass is 32.1. The number of benzene rings is 1. The molecule has 7 nitrogen and oxygen atoms in total. The number of nitrogens with two attached hydrogens (primary N) is 1. The van der Waals surface area contributed by atoms with Gasteiger partial charge >= 0.3 is 0 Å². The first-order valence-corrected chi connectivity index (χ1v) is 9.04. The van der Waals surface area contributed by atoms with Gasteiger partial charge in [0, 0.05) is 43.8 Å². The van der Waals surface area contributed by atoms with Crippen molar-refractivity contribution in [3.05, 3.63) is 46.4 Å². The first kappa shape index (κ1) is 17.5. The van der Waals surface area contributed by atoms with E-state index in [-0.39, 0.29) is 11.8 Å². The monoisotopic (exact) mass is 359 g/mol. The summed E-state index contributed by atoms with van der Waals surface area (Å²) < 4.78 is 0. The Bertz CT molecular complexity index is 726. The quantitative estimate of drug-likeness (QED) is 0.831. The summed E-state index contributed by atoms with van der Waals surface area (Å²) in [6, 6.07) is 9.39. The molecule has 25 heavy (non-hydrogen) atoms. The zero-order valence-corrected chi connectivity index (χ0v) is 14.7. The maximum absolute atomic E-state index is 12.4. The summed E-state index contributed by atoms with van der Waals surface area (Å²) >= 11 is 1.40. The molecule has 0 unspecified atom stereocenters. The average Bonchev–Trinajstić information content (AvgIpc) is 3.12. The Balaban J connectivity index is 1.46. The number of para-hydroxylation sites is 1. The van der Waals surface area contributed by atoms with E-state index in [1.54, 1.807) is 10.3 Å². The molecule has 3 N–H and O–H groups in total. The number of nitrogens with zero attached hydrogens (tertiary/aromatic N) is 3. The largest absolute Gasteiger partial charge is 0.335 e. The molecule has 132 valence electrons. The van der Waals surface area contributed by atoms with E-state index in [2.05, 4.69) is 15.2 Å². The number of piperazine rings is 1. The van der Waals surface area contributed by atoms with E-state index in [4.69, 9.17) is 5.73 Å². The van der Waals surface area contributed by atoms with Crippen LogP contribution in [-0.2, 0) is 11.3 Å². The molecule has 0 saturated carbocycles. The first-order valence-electron chi connectivity index (χ1n) is 8.16. The fourth-order valence-electron chi connectivity index (χ4n) is 2.70. The number of hydrogen-bond donors (Lipinski definition) is 2. The van der Waals surface area contributed by atoms with Gasteiger partial charge in [0.25, 0.3) is 5.91 Å². The van der Waals surface area contributed by atoms with Crippen LogP contribution in [0, 0.1) is 0 Å². The Kier molecular flexibility index (Phi) is 5.75.